The number of likely N-dealkylation sites (tertiary alicyclic amines) is 1. The molecule has 0 saturated carbocycles. The van der Waals surface area contributed by atoms with Crippen molar-refractivity contribution in [3.05, 3.63) is 29.6 Å². The lowest BCUT2D eigenvalue weighted by Crippen LogP contribution is -2.39. The van der Waals surface area contributed by atoms with E-state index < -0.39 is 0 Å². The Kier molecular flexibility index (Phi) is 3.19. The molecule has 1 fully saturated rings. The van der Waals surface area contributed by atoms with E-state index in [1.165, 1.54) is 0 Å². The van der Waals surface area contributed by atoms with Crippen LogP contribution < -0.4 is 5.73 Å². The molecule has 1 atom stereocenters. The molecule has 0 aliphatic carbocycles. The lowest BCUT2D eigenvalue weighted by Gasteiger charge is -2.21. The van der Waals surface area contributed by atoms with Crippen molar-refractivity contribution in [2.24, 2.45) is 5.73 Å². The van der Waals surface area contributed by atoms with Crippen LogP contribution in [0.2, 0.25) is 0 Å². The molecule has 2 rings (SSSR count). The fraction of sp³-hybridized carbons (Fsp3) is 0.500. The SMILES string of the molecule is Cc1ccc(CN2CCC[C@@H]2C(N)=O)nc1. The summed E-state index contributed by atoms with van der Waals surface area (Å²) in [5, 5.41) is 0. The van der Waals surface area contributed by atoms with Crippen LogP contribution in [0.1, 0.15) is 24.1 Å². The number of aryl methyl sites for hydroxylation is 1. The van der Waals surface area contributed by atoms with Crippen molar-refractivity contribution in [1.29, 1.82) is 0 Å². The van der Waals surface area contributed by atoms with Crippen molar-refractivity contribution in [2.45, 2.75) is 32.4 Å². The summed E-state index contributed by atoms with van der Waals surface area (Å²) in [6, 6.07) is 3.94. The van der Waals surface area contributed by atoms with Gasteiger partial charge in [-0.1, -0.05) is 6.07 Å². The Bertz CT molecular complexity index is 374. The first kappa shape index (κ1) is 11.1. The van der Waals surface area contributed by atoms with Gasteiger partial charge in [0.1, 0.15) is 0 Å². The maximum atomic E-state index is 11.2. The highest BCUT2D eigenvalue weighted by atomic mass is 16.1. The summed E-state index contributed by atoms with van der Waals surface area (Å²) in [5.74, 6) is -0.218. The average molecular weight is 219 g/mol. The summed E-state index contributed by atoms with van der Waals surface area (Å²) in [4.78, 5) is 17.7. The first-order chi connectivity index (χ1) is 7.66. The van der Waals surface area contributed by atoms with Gasteiger partial charge in [-0.3, -0.25) is 14.7 Å². The maximum absolute atomic E-state index is 11.2. The highest BCUT2D eigenvalue weighted by Gasteiger charge is 2.28. The number of pyridine rings is 1. The number of carbonyl (C=O) groups excluding carboxylic acids is 1. The van der Waals surface area contributed by atoms with Gasteiger partial charge in [-0.2, -0.15) is 0 Å². The Balaban J connectivity index is 2.03. The minimum Gasteiger partial charge on any atom is -0.368 e. The van der Waals surface area contributed by atoms with Gasteiger partial charge in [0.05, 0.1) is 11.7 Å². The zero-order chi connectivity index (χ0) is 11.5. The molecule has 1 amide bonds. The van der Waals surface area contributed by atoms with Gasteiger partial charge in [0.15, 0.2) is 0 Å². The van der Waals surface area contributed by atoms with Gasteiger partial charge in [0.25, 0.3) is 0 Å². The van der Waals surface area contributed by atoms with Gasteiger partial charge in [0.2, 0.25) is 5.91 Å². The molecule has 1 aromatic rings. The smallest absolute Gasteiger partial charge is 0.234 e. The van der Waals surface area contributed by atoms with Crippen LogP contribution in [0.25, 0.3) is 0 Å². The monoisotopic (exact) mass is 219 g/mol. The number of nitrogens with two attached hydrogens (primary N) is 1. The molecule has 0 radical (unpaired) electrons. The van der Waals surface area contributed by atoms with Gasteiger partial charge in [-0.25, -0.2) is 0 Å². The number of hydrogen-bond acceptors (Lipinski definition) is 3. The van der Waals surface area contributed by atoms with E-state index in [4.69, 9.17) is 5.73 Å². The largest absolute Gasteiger partial charge is 0.368 e. The third-order valence-corrected chi connectivity index (χ3v) is 3.03. The van der Waals surface area contributed by atoms with E-state index in [1.54, 1.807) is 0 Å². The van der Waals surface area contributed by atoms with E-state index in [-0.39, 0.29) is 11.9 Å². The minimum atomic E-state index is -0.218. The van der Waals surface area contributed by atoms with Crippen LogP contribution in [0, 0.1) is 6.92 Å². The lowest BCUT2D eigenvalue weighted by molar-refractivity contribution is -0.122. The van der Waals surface area contributed by atoms with Crippen molar-refractivity contribution in [3.8, 4) is 0 Å². The first-order valence-electron chi connectivity index (χ1n) is 5.62. The van der Waals surface area contributed by atoms with Gasteiger partial charge >= 0.3 is 0 Å². The van der Waals surface area contributed by atoms with E-state index >= 15 is 0 Å². The number of amides is 1. The Morgan fingerprint density at radius 3 is 3.06 bits per heavy atom. The van der Waals surface area contributed by atoms with E-state index in [0.29, 0.717) is 6.54 Å². The molecule has 0 aromatic carbocycles. The van der Waals surface area contributed by atoms with Crippen molar-refractivity contribution < 1.29 is 4.79 Å². The van der Waals surface area contributed by atoms with Gasteiger partial charge < -0.3 is 5.73 Å². The van der Waals surface area contributed by atoms with Crippen molar-refractivity contribution >= 4 is 5.91 Å². The molecule has 1 aliphatic heterocycles. The van der Waals surface area contributed by atoms with Crippen LogP contribution in [-0.4, -0.2) is 28.4 Å². The third-order valence-electron chi connectivity index (χ3n) is 3.03. The maximum Gasteiger partial charge on any atom is 0.234 e. The Labute approximate surface area is 95.5 Å². The minimum absolute atomic E-state index is 0.108. The summed E-state index contributed by atoms with van der Waals surface area (Å²) in [6.07, 6.45) is 3.77. The van der Waals surface area contributed by atoms with Gasteiger partial charge in [0, 0.05) is 12.7 Å². The van der Waals surface area contributed by atoms with Crippen LogP contribution in [0.15, 0.2) is 18.3 Å². The number of rotatable bonds is 3. The fourth-order valence-corrected chi connectivity index (χ4v) is 2.14. The van der Waals surface area contributed by atoms with E-state index in [9.17, 15) is 4.79 Å². The molecule has 1 aliphatic rings. The molecule has 1 saturated heterocycles. The molecule has 0 spiro atoms. The zero-order valence-corrected chi connectivity index (χ0v) is 9.52. The van der Waals surface area contributed by atoms with Gasteiger partial charge in [-0.15, -0.1) is 0 Å². The summed E-state index contributed by atoms with van der Waals surface area (Å²) in [6.45, 7) is 3.66. The molecular weight excluding hydrogens is 202 g/mol. The quantitative estimate of drug-likeness (QED) is 0.819. The van der Waals surface area contributed by atoms with E-state index in [1.807, 2.05) is 25.3 Å². The average Bonchev–Trinajstić information content (AvgIpc) is 2.69. The highest BCUT2D eigenvalue weighted by molar-refractivity contribution is 5.80. The molecule has 0 unspecified atom stereocenters. The van der Waals surface area contributed by atoms with Crippen LogP contribution in [0.5, 0.6) is 0 Å². The second kappa shape index (κ2) is 4.61. The van der Waals surface area contributed by atoms with Crippen molar-refractivity contribution in [3.63, 3.8) is 0 Å². The molecule has 4 heteroatoms. The van der Waals surface area contributed by atoms with Crippen LogP contribution in [0.4, 0.5) is 0 Å². The molecule has 2 N–H and O–H groups in total. The molecule has 4 nitrogen and oxygen atoms in total. The van der Waals surface area contributed by atoms with Crippen molar-refractivity contribution in [2.75, 3.05) is 6.54 Å². The molecule has 0 bridgehead atoms. The number of hydrogen-bond donors (Lipinski definition) is 1. The Morgan fingerprint density at radius 2 is 2.44 bits per heavy atom. The van der Waals surface area contributed by atoms with Gasteiger partial charge in [-0.05, 0) is 37.9 Å². The van der Waals surface area contributed by atoms with Crippen molar-refractivity contribution in [1.82, 2.24) is 9.88 Å². The Morgan fingerprint density at radius 1 is 1.62 bits per heavy atom. The summed E-state index contributed by atoms with van der Waals surface area (Å²) >= 11 is 0. The molecule has 86 valence electrons. The fourth-order valence-electron chi connectivity index (χ4n) is 2.14. The van der Waals surface area contributed by atoms with Crippen LogP contribution >= 0.6 is 0 Å². The van der Waals surface area contributed by atoms with Crippen LogP contribution in [0.3, 0.4) is 0 Å². The second-order valence-corrected chi connectivity index (χ2v) is 4.36. The number of primary amides is 1. The first-order valence-corrected chi connectivity index (χ1v) is 5.62. The third kappa shape index (κ3) is 2.39. The predicted molar refractivity (Wildman–Crippen MR) is 61.6 cm³/mol. The zero-order valence-electron chi connectivity index (χ0n) is 9.52. The number of aromatic nitrogens is 1. The predicted octanol–water partition coefficient (Wildman–Crippen LogP) is 0.840. The normalized spacial score (nSPS) is 21.2. The lowest BCUT2D eigenvalue weighted by atomic mass is 10.2. The molecule has 2 heterocycles. The topological polar surface area (TPSA) is 59.2 Å². The Hall–Kier alpha value is -1.42. The summed E-state index contributed by atoms with van der Waals surface area (Å²) in [7, 11) is 0. The van der Waals surface area contributed by atoms with E-state index in [2.05, 4.69) is 9.88 Å². The molecule has 16 heavy (non-hydrogen) atoms. The van der Waals surface area contributed by atoms with E-state index in [0.717, 1.165) is 30.6 Å². The highest BCUT2D eigenvalue weighted by Crippen LogP contribution is 2.18. The standard InChI is InChI=1S/C12H17N3O/c1-9-4-5-10(14-7-9)8-15-6-2-3-11(15)12(13)16/h4-5,7,11H,2-3,6,8H2,1H3,(H2,13,16)/t11-/m1/s1. The summed E-state index contributed by atoms with van der Waals surface area (Å²) < 4.78 is 0. The van der Waals surface area contributed by atoms with Crippen LogP contribution in [-0.2, 0) is 11.3 Å². The number of carbonyl (C=O) groups is 1. The second-order valence-electron chi connectivity index (χ2n) is 4.36. The summed E-state index contributed by atoms with van der Waals surface area (Å²) in [5.41, 5.74) is 7.51. The number of nitrogens with zero attached hydrogens (tertiary/aromatic N) is 2. The molecule has 1 aromatic heterocycles. The molecular formula is C12H17N3O.